The number of nitrogens with one attached hydrogen (secondary N) is 1. The van der Waals surface area contributed by atoms with Crippen molar-refractivity contribution in [3.05, 3.63) is 46.5 Å². The lowest BCUT2D eigenvalue weighted by Crippen LogP contribution is -2.53. The summed E-state index contributed by atoms with van der Waals surface area (Å²) in [6.45, 7) is 4.84. The van der Waals surface area contributed by atoms with Crippen LogP contribution < -0.4 is 5.32 Å². The lowest BCUT2D eigenvalue weighted by atomic mass is 10.1. The third-order valence-electron chi connectivity index (χ3n) is 5.21. The van der Waals surface area contributed by atoms with E-state index in [0.29, 0.717) is 6.61 Å². The van der Waals surface area contributed by atoms with E-state index in [9.17, 15) is 0 Å². The van der Waals surface area contributed by atoms with Crippen molar-refractivity contribution in [1.82, 2.24) is 10.2 Å². The number of nitrogens with zero attached hydrogens (tertiary/aromatic N) is 2. The standard InChI is InChI=1S/C21H29N3O3S.HI/c1-4-17(25-12-1)7-9-22-21(23-10-8-18-5-3-15-28-18)24-11-14-27-20(16-24)19-6-2-13-26-19;/h1,3-5,12,15,19-20H,2,6-11,13-14,16H2,(H,22,23);1H. The van der Waals surface area contributed by atoms with E-state index in [-0.39, 0.29) is 36.2 Å². The van der Waals surface area contributed by atoms with Crippen molar-refractivity contribution in [2.45, 2.75) is 37.9 Å². The van der Waals surface area contributed by atoms with Crippen LogP contribution in [0.3, 0.4) is 0 Å². The van der Waals surface area contributed by atoms with Gasteiger partial charge in [-0.1, -0.05) is 6.07 Å². The highest BCUT2D eigenvalue weighted by Gasteiger charge is 2.32. The van der Waals surface area contributed by atoms with Gasteiger partial charge in [-0.15, -0.1) is 35.3 Å². The molecular weight excluding hydrogens is 501 g/mol. The van der Waals surface area contributed by atoms with Crippen molar-refractivity contribution in [1.29, 1.82) is 0 Å². The summed E-state index contributed by atoms with van der Waals surface area (Å²) in [6, 6.07) is 8.21. The normalized spacial score (nSPS) is 22.5. The van der Waals surface area contributed by atoms with Gasteiger partial charge >= 0.3 is 0 Å². The summed E-state index contributed by atoms with van der Waals surface area (Å²) in [5.41, 5.74) is 0. The molecule has 160 valence electrons. The zero-order chi connectivity index (χ0) is 19.0. The topological polar surface area (TPSA) is 59.2 Å². The second-order valence-corrected chi connectivity index (χ2v) is 8.23. The van der Waals surface area contributed by atoms with E-state index in [2.05, 4.69) is 27.7 Å². The van der Waals surface area contributed by atoms with E-state index in [1.165, 1.54) is 4.88 Å². The molecule has 0 aromatic carbocycles. The predicted octanol–water partition coefficient (Wildman–Crippen LogP) is 3.57. The minimum atomic E-state index is 0. The smallest absolute Gasteiger partial charge is 0.194 e. The molecule has 6 nitrogen and oxygen atoms in total. The molecule has 2 atom stereocenters. The molecule has 8 heteroatoms. The van der Waals surface area contributed by atoms with E-state index in [1.54, 1.807) is 17.6 Å². The average Bonchev–Trinajstić information content (AvgIpc) is 3.50. The lowest BCUT2D eigenvalue weighted by Gasteiger charge is -2.37. The molecule has 2 saturated heterocycles. The predicted molar refractivity (Wildman–Crippen MR) is 126 cm³/mol. The summed E-state index contributed by atoms with van der Waals surface area (Å²) in [7, 11) is 0. The molecule has 4 heterocycles. The Morgan fingerprint density at radius 1 is 1.17 bits per heavy atom. The van der Waals surface area contributed by atoms with Crippen LogP contribution in [0.5, 0.6) is 0 Å². The first-order valence-corrected chi connectivity index (χ1v) is 11.1. The molecule has 4 rings (SSSR count). The van der Waals surface area contributed by atoms with E-state index in [1.807, 2.05) is 12.1 Å². The Balaban J connectivity index is 0.00000240. The number of thiophene rings is 1. The minimum Gasteiger partial charge on any atom is -0.469 e. The summed E-state index contributed by atoms with van der Waals surface area (Å²) >= 11 is 1.79. The first-order chi connectivity index (χ1) is 13.9. The number of rotatable bonds is 7. The fraction of sp³-hybridized carbons (Fsp3) is 0.571. The summed E-state index contributed by atoms with van der Waals surface area (Å²) in [5.74, 6) is 1.96. The highest BCUT2D eigenvalue weighted by atomic mass is 127. The van der Waals surface area contributed by atoms with E-state index >= 15 is 0 Å². The molecule has 0 aliphatic carbocycles. The maximum absolute atomic E-state index is 6.01. The van der Waals surface area contributed by atoms with Crippen molar-refractivity contribution in [3.63, 3.8) is 0 Å². The van der Waals surface area contributed by atoms with Crippen LogP contribution in [0.2, 0.25) is 0 Å². The average molecular weight is 531 g/mol. The number of furan rings is 1. The van der Waals surface area contributed by atoms with Gasteiger partial charge in [0.2, 0.25) is 0 Å². The van der Waals surface area contributed by atoms with Crippen LogP contribution in [0.4, 0.5) is 0 Å². The molecule has 2 aromatic rings. The van der Waals surface area contributed by atoms with Gasteiger partial charge in [-0.25, -0.2) is 0 Å². The number of hydrogen-bond acceptors (Lipinski definition) is 5. The molecule has 0 spiro atoms. The van der Waals surface area contributed by atoms with Gasteiger partial charge in [-0.2, -0.15) is 0 Å². The van der Waals surface area contributed by atoms with Gasteiger partial charge in [0.1, 0.15) is 11.9 Å². The van der Waals surface area contributed by atoms with Crippen LogP contribution in [0, 0.1) is 0 Å². The number of morpholine rings is 1. The molecule has 2 aliphatic rings. The Kier molecular flexibility index (Phi) is 9.29. The van der Waals surface area contributed by atoms with Gasteiger partial charge in [-0.3, -0.25) is 4.99 Å². The Morgan fingerprint density at radius 2 is 2.10 bits per heavy atom. The zero-order valence-electron chi connectivity index (χ0n) is 16.6. The summed E-state index contributed by atoms with van der Waals surface area (Å²) in [5, 5.41) is 5.66. The number of guanidine groups is 1. The van der Waals surface area contributed by atoms with Crippen LogP contribution >= 0.6 is 35.3 Å². The van der Waals surface area contributed by atoms with Crippen LogP contribution in [0.15, 0.2) is 45.3 Å². The monoisotopic (exact) mass is 531 g/mol. The van der Waals surface area contributed by atoms with Gasteiger partial charge in [0.25, 0.3) is 0 Å². The summed E-state index contributed by atoms with van der Waals surface area (Å²) < 4.78 is 17.3. The second kappa shape index (κ2) is 11.9. The molecule has 0 amide bonds. The highest BCUT2D eigenvalue weighted by molar-refractivity contribution is 14.0. The van der Waals surface area contributed by atoms with Crippen molar-refractivity contribution in [2.75, 3.05) is 39.4 Å². The van der Waals surface area contributed by atoms with Gasteiger partial charge in [0.05, 0.1) is 19.0 Å². The quantitative estimate of drug-likeness (QED) is 0.337. The summed E-state index contributed by atoms with van der Waals surface area (Å²) in [6.07, 6.45) is 6.11. The van der Waals surface area contributed by atoms with Gasteiger partial charge in [0.15, 0.2) is 5.96 Å². The van der Waals surface area contributed by atoms with Crippen molar-refractivity contribution in [3.8, 4) is 0 Å². The molecule has 2 unspecified atom stereocenters. The highest BCUT2D eigenvalue weighted by Crippen LogP contribution is 2.21. The van der Waals surface area contributed by atoms with Crippen LogP contribution in [0.25, 0.3) is 0 Å². The number of hydrogen-bond donors (Lipinski definition) is 1. The van der Waals surface area contributed by atoms with Gasteiger partial charge in [-0.05, 0) is 36.4 Å². The molecule has 2 aliphatic heterocycles. The molecule has 2 fully saturated rings. The first kappa shape index (κ1) is 22.6. The largest absolute Gasteiger partial charge is 0.469 e. The zero-order valence-corrected chi connectivity index (χ0v) is 19.8. The Labute approximate surface area is 193 Å². The Hall–Kier alpha value is -1.10. The lowest BCUT2D eigenvalue weighted by molar-refractivity contribution is -0.0817. The fourth-order valence-electron chi connectivity index (χ4n) is 3.74. The molecular formula is C21H30IN3O3S. The molecule has 2 aromatic heterocycles. The molecule has 0 radical (unpaired) electrons. The van der Waals surface area contributed by atoms with Crippen LogP contribution in [-0.4, -0.2) is 62.5 Å². The van der Waals surface area contributed by atoms with Crippen molar-refractivity contribution < 1.29 is 13.9 Å². The molecule has 0 saturated carbocycles. The van der Waals surface area contributed by atoms with Crippen LogP contribution in [0.1, 0.15) is 23.5 Å². The SMILES string of the molecule is I.c1coc(CCNC(=NCCc2cccs2)N2CCOC(C3CCCO3)C2)c1. The minimum absolute atomic E-state index is 0. The number of aliphatic imine (C=N–C) groups is 1. The molecule has 0 bridgehead atoms. The summed E-state index contributed by atoms with van der Waals surface area (Å²) in [4.78, 5) is 8.61. The Morgan fingerprint density at radius 3 is 2.86 bits per heavy atom. The van der Waals surface area contributed by atoms with Crippen molar-refractivity contribution >= 4 is 41.3 Å². The third kappa shape index (κ3) is 6.70. The van der Waals surface area contributed by atoms with E-state index in [4.69, 9.17) is 18.9 Å². The number of halogens is 1. The van der Waals surface area contributed by atoms with Gasteiger partial charge < -0.3 is 24.1 Å². The maximum Gasteiger partial charge on any atom is 0.194 e. The first-order valence-electron chi connectivity index (χ1n) is 10.2. The van der Waals surface area contributed by atoms with E-state index < -0.39 is 0 Å². The molecule has 1 N–H and O–H groups in total. The third-order valence-corrected chi connectivity index (χ3v) is 6.14. The van der Waals surface area contributed by atoms with E-state index in [0.717, 1.165) is 70.2 Å². The maximum atomic E-state index is 6.01. The van der Waals surface area contributed by atoms with Crippen molar-refractivity contribution in [2.24, 2.45) is 4.99 Å². The van der Waals surface area contributed by atoms with Gasteiger partial charge in [0, 0.05) is 50.5 Å². The van der Waals surface area contributed by atoms with Crippen LogP contribution in [-0.2, 0) is 22.3 Å². The second-order valence-electron chi connectivity index (χ2n) is 7.20. The molecule has 29 heavy (non-hydrogen) atoms. The Bertz CT molecular complexity index is 718. The fourth-order valence-corrected chi connectivity index (χ4v) is 4.43. The number of ether oxygens (including phenoxy) is 2.